The minimum atomic E-state index is -4.43. The Morgan fingerprint density at radius 3 is 1.30 bits per heavy atom. The zero-order chi connectivity index (χ0) is 60.4. The summed E-state index contributed by atoms with van der Waals surface area (Å²) >= 11 is 0. The zero-order valence-electron chi connectivity index (χ0n) is 46.7. The number of nitrogens with zero attached hydrogens (tertiary/aromatic N) is 12. The lowest BCUT2D eigenvalue weighted by Gasteiger charge is -2.12. The maximum absolute atomic E-state index is 12.7. The number of oxime groups is 4. The summed E-state index contributed by atoms with van der Waals surface area (Å²) in [6, 6.07) is 29.0. The van der Waals surface area contributed by atoms with Crippen LogP contribution in [0, 0.1) is 0 Å². The molecule has 13 N–H and O–H groups in total. The fourth-order valence-corrected chi connectivity index (χ4v) is 7.24. The van der Waals surface area contributed by atoms with E-state index in [9.17, 15) is 13.2 Å². The van der Waals surface area contributed by atoms with Crippen LogP contribution in [0.4, 0.5) is 82.5 Å². The van der Waals surface area contributed by atoms with Gasteiger partial charge in [0, 0.05) is 39.8 Å². The molecule has 0 radical (unpaired) electrons. The van der Waals surface area contributed by atoms with E-state index in [1.807, 2.05) is 54.7 Å². The molecule has 0 atom stereocenters. The summed E-state index contributed by atoms with van der Waals surface area (Å²) in [4.78, 5) is 53.9. The summed E-state index contributed by atoms with van der Waals surface area (Å²) in [5, 5.41) is 28.2. The van der Waals surface area contributed by atoms with Gasteiger partial charge in [-0.15, -0.1) is 0 Å². The molecule has 9 aromatic rings. The number of aromatic nitrogens is 9. The molecule has 84 heavy (non-hydrogen) atoms. The summed E-state index contributed by atoms with van der Waals surface area (Å²) in [7, 11) is 5.74. The molecule has 0 unspecified atom stereocenters. The molecule has 0 aliphatic carbocycles. The number of fused-ring (bicyclic) bond motifs is 1. The topological polar surface area (TPSA) is 357 Å². The number of nitrogens with two attached hydrogens (primary N) is 4. The van der Waals surface area contributed by atoms with Crippen LogP contribution in [0.5, 0.6) is 0 Å². The number of hydrogen-bond donors (Lipinski definition) is 9. The quantitative estimate of drug-likeness (QED) is 0.0285. The average molecular weight is 1150 g/mol. The summed E-state index contributed by atoms with van der Waals surface area (Å²) in [6.07, 6.45) is 9.57. The molecule has 0 saturated carbocycles. The largest absolute Gasteiger partial charge is 0.416 e. The smallest absolute Gasteiger partial charge is 0.399 e. The Bertz CT molecular complexity index is 3670. The van der Waals surface area contributed by atoms with E-state index in [1.165, 1.54) is 102 Å². The van der Waals surface area contributed by atoms with Gasteiger partial charge in [-0.3, -0.25) is 0 Å². The second-order valence-electron chi connectivity index (χ2n) is 17.4. The maximum Gasteiger partial charge on any atom is 0.416 e. The first-order valence-electron chi connectivity index (χ1n) is 25.2. The van der Waals surface area contributed by atoms with Crippen molar-refractivity contribution in [3.05, 3.63) is 168 Å². The number of halogens is 3. The van der Waals surface area contributed by atoms with Gasteiger partial charge in [-0.25, -0.2) is 39.9 Å². The van der Waals surface area contributed by atoms with Gasteiger partial charge >= 0.3 is 6.18 Å². The van der Waals surface area contributed by atoms with Crippen molar-refractivity contribution in [2.75, 3.05) is 72.6 Å². The molecule has 0 spiro atoms. The van der Waals surface area contributed by atoms with Crippen molar-refractivity contribution >= 4 is 105 Å². The molecule has 0 aliphatic rings. The molecule has 436 valence electrons. The normalized spacial score (nSPS) is 11.1. The van der Waals surface area contributed by atoms with Crippen LogP contribution in [0.2, 0.25) is 0 Å². The highest BCUT2D eigenvalue weighted by molar-refractivity contribution is 5.95. The second-order valence-corrected chi connectivity index (χ2v) is 17.4. The van der Waals surface area contributed by atoms with Crippen LogP contribution in [-0.2, 0) is 31.9 Å². The number of aryl methyl sites for hydroxylation is 1. The zero-order valence-corrected chi connectivity index (χ0v) is 46.7. The molecule has 0 aliphatic heterocycles. The number of aromatic amines is 1. The van der Waals surface area contributed by atoms with Crippen LogP contribution < -0.4 is 44.2 Å². The Morgan fingerprint density at radius 1 is 0.500 bits per heavy atom. The molecule has 5 aromatic heterocycles. The Labute approximate surface area is 481 Å². The number of anilines is 12. The summed E-state index contributed by atoms with van der Waals surface area (Å²) in [5.41, 5.74) is 31.1. The predicted molar refractivity (Wildman–Crippen MR) is 323 cm³/mol. The third-order valence-corrected chi connectivity index (χ3v) is 11.5. The third-order valence-electron chi connectivity index (χ3n) is 11.5. The van der Waals surface area contributed by atoms with Crippen LogP contribution in [0.15, 0.2) is 149 Å². The lowest BCUT2D eigenvalue weighted by molar-refractivity contribution is -0.137. The Morgan fingerprint density at radius 2 is 0.893 bits per heavy atom. The van der Waals surface area contributed by atoms with Crippen molar-refractivity contribution in [3.63, 3.8) is 0 Å². The van der Waals surface area contributed by atoms with Gasteiger partial charge in [-0.2, -0.15) is 13.2 Å². The first kappa shape index (κ1) is 62.0. The highest BCUT2D eigenvalue weighted by Crippen LogP contribution is 2.32. The number of nitrogen functional groups attached to an aromatic ring is 4. The molecule has 25 nitrogen and oxygen atoms in total. The van der Waals surface area contributed by atoms with Crippen molar-refractivity contribution in [2.24, 2.45) is 20.6 Å². The first-order chi connectivity index (χ1) is 40.5. The number of hydrogen-bond acceptors (Lipinski definition) is 24. The van der Waals surface area contributed by atoms with E-state index >= 15 is 0 Å². The van der Waals surface area contributed by atoms with E-state index in [0.29, 0.717) is 63.1 Å². The van der Waals surface area contributed by atoms with E-state index in [-0.39, 0.29) is 17.3 Å². The van der Waals surface area contributed by atoms with Crippen LogP contribution in [0.3, 0.4) is 0 Å². The van der Waals surface area contributed by atoms with Gasteiger partial charge in [0.15, 0.2) is 0 Å². The van der Waals surface area contributed by atoms with E-state index < -0.39 is 11.7 Å². The fourth-order valence-electron chi connectivity index (χ4n) is 7.24. The predicted octanol–water partition coefficient (Wildman–Crippen LogP) is 10.3. The fraction of sp³-hybridized carbons (Fsp3) is 0.179. The van der Waals surface area contributed by atoms with Crippen LogP contribution >= 0.6 is 0 Å². The average Bonchev–Trinajstić information content (AvgIpc) is 4.05. The number of rotatable bonds is 18. The van der Waals surface area contributed by atoms with Crippen LogP contribution in [0.25, 0.3) is 10.9 Å². The molecule has 0 fully saturated rings. The van der Waals surface area contributed by atoms with Crippen LogP contribution in [0.1, 0.15) is 65.6 Å². The van der Waals surface area contributed by atoms with Crippen molar-refractivity contribution in [1.82, 2.24) is 44.9 Å². The highest BCUT2D eigenvalue weighted by Gasteiger charge is 2.30. The number of nitrogens with one attached hydrogen (secondary N) is 5. The monoisotopic (exact) mass is 1150 g/mol. The highest BCUT2D eigenvalue weighted by atomic mass is 19.4. The minimum absolute atomic E-state index is 0.116. The molecule has 9 rings (SSSR count). The SMILES string of the molecule is CCc1cccc(Nc2ncnc(N)c2/C=N/OC)c1.CO/N=C/c1c(N)ncnc1Nc1ccc(C(C)C)cc1.CO/N=C/c1c(N)ncnc1Nc1ccc2[nH]ccc2c1.CO/N=C/c1c(N)ncnc1Nc1cccc(C(F)(F)F)c1. The van der Waals surface area contributed by atoms with Crippen molar-refractivity contribution in [2.45, 2.75) is 39.3 Å². The van der Waals surface area contributed by atoms with Gasteiger partial charge in [-0.05, 0) is 90.2 Å². The molecule has 5 heterocycles. The molecule has 4 aromatic carbocycles. The van der Waals surface area contributed by atoms with E-state index in [0.717, 1.165) is 46.5 Å². The Kier molecular flexibility index (Phi) is 22.9. The summed E-state index contributed by atoms with van der Waals surface area (Å²) in [6.45, 7) is 6.43. The van der Waals surface area contributed by atoms with Gasteiger partial charge < -0.3 is 68.5 Å². The van der Waals surface area contributed by atoms with E-state index in [4.69, 9.17) is 22.9 Å². The van der Waals surface area contributed by atoms with Crippen molar-refractivity contribution in [1.29, 1.82) is 0 Å². The Hall–Kier alpha value is -11.2. The van der Waals surface area contributed by atoms with E-state index in [2.05, 4.69) is 151 Å². The molecular weight excluding hydrogens is 1090 g/mol. The van der Waals surface area contributed by atoms with Crippen LogP contribution in [-0.4, -0.2) is 98.2 Å². The Balaban J connectivity index is 0.000000180. The van der Waals surface area contributed by atoms with Gasteiger partial charge in [0.1, 0.15) is 100 Å². The lowest BCUT2D eigenvalue weighted by Crippen LogP contribution is -2.07. The molecule has 0 saturated heterocycles. The number of H-pyrrole nitrogens is 1. The molecule has 0 amide bonds. The van der Waals surface area contributed by atoms with Gasteiger partial charge in [0.2, 0.25) is 0 Å². The van der Waals surface area contributed by atoms with Gasteiger partial charge in [-0.1, -0.05) is 71.7 Å². The summed E-state index contributed by atoms with van der Waals surface area (Å²) in [5.74, 6) is 3.58. The van der Waals surface area contributed by atoms with Crippen molar-refractivity contribution in [3.8, 4) is 0 Å². The number of benzene rings is 4. The minimum Gasteiger partial charge on any atom is -0.399 e. The molecule has 28 heteroatoms. The standard InChI is InChI=1S/C15H19N5O.C14H14N6O.C14H17N5O.C13H12F3N5O/c1-10(2)11-4-6-12(7-5-11)20-15-13(8-19-21-3)14(16)17-9-18-15;1-21-19-7-11-13(15)17-8-18-14(11)20-10-2-3-12-9(6-10)4-5-16-12;1-3-10-5-4-6-11(7-10)19-14-12(8-18-20-2)13(15)16-9-17-14;1-22-20-6-10-11(17)18-7-19-12(10)21-9-4-2-3-8(5-9)13(14,15)16/h4-10H,1-3H3,(H3,16,17,18,20);2-8,16H,1H3,(H3,15,17,18,20);4-9H,3H2,1-2H3,(H3,15,16,17,19);2-7H,1H3,(H3,17,18,19,21)/b19-8+;19-7+;18-8+;20-6+. The molecule has 0 bridgehead atoms. The second kappa shape index (κ2) is 31.0. The first-order valence-corrected chi connectivity index (χ1v) is 25.2. The third kappa shape index (κ3) is 18.2. The number of alkyl halides is 3. The molecular formula is C56H62F3N21O4. The van der Waals surface area contributed by atoms with Gasteiger partial charge in [0.25, 0.3) is 0 Å². The maximum atomic E-state index is 12.7. The van der Waals surface area contributed by atoms with E-state index in [1.54, 1.807) is 0 Å². The lowest BCUT2D eigenvalue weighted by atomic mass is 10.0. The van der Waals surface area contributed by atoms with Crippen molar-refractivity contribution < 1.29 is 32.5 Å². The summed E-state index contributed by atoms with van der Waals surface area (Å²) < 4.78 is 38.1. The van der Waals surface area contributed by atoms with Gasteiger partial charge in [0.05, 0.1) is 52.7 Å².